The van der Waals surface area contributed by atoms with Gasteiger partial charge in [-0.15, -0.1) is 12.4 Å². The van der Waals surface area contributed by atoms with Gasteiger partial charge < -0.3 is 10.2 Å². The highest BCUT2D eigenvalue weighted by molar-refractivity contribution is 5.85. The lowest BCUT2D eigenvalue weighted by atomic mass is 9.94. The van der Waals surface area contributed by atoms with E-state index in [1.165, 1.54) is 0 Å². The minimum absolute atomic E-state index is 0. The maximum Gasteiger partial charge on any atom is 0.223 e. The van der Waals surface area contributed by atoms with Crippen molar-refractivity contribution in [1.82, 2.24) is 10.2 Å². The van der Waals surface area contributed by atoms with Crippen LogP contribution in [0.1, 0.15) is 40.0 Å². The Morgan fingerprint density at radius 1 is 1.41 bits per heavy atom. The van der Waals surface area contributed by atoms with Crippen LogP contribution in [0.25, 0.3) is 0 Å². The van der Waals surface area contributed by atoms with Crippen LogP contribution in [0.4, 0.5) is 0 Å². The summed E-state index contributed by atoms with van der Waals surface area (Å²) < 4.78 is 0. The van der Waals surface area contributed by atoms with Crippen molar-refractivity contribution in [2.24, 2.45) is 11.8 Å². The molecule has 1 aliphatic rings. The van der Waals surface area contributed by atoms with Crippen molar-refractivity contribution in [2.75, 3.05) is 20.1 Å². The third-order valence-electron chi connectivity index (χ3n) is 3.77. The lowest BCUT2D eigenvalue weighted by Gasteiger charge is -2.26. The molecule has 2 atom stereocenters. The topological polar surface area (TPSA) is 32.3 Å². The number of likely N-dealkylation sites (N-methyl/N-ethyl adjacent to an activating group) is 1. The van der Waals surface area contributed by atoms with Gasteiger partial charge in [-0.2, -0.15) is 0 Å². The summed E-state index contributed by atoms with van der Waals surface area (Å²) >= 11 is 0. The van der Waals surface area contributed by atoms with E-state index in [4.69, 9.17) is 0 Å². The Morgan fingerprint density at radius 2 is 2.06 bits per heavy atom. The molecule has 0 aromatic carbocycles. The SMILES string of the molecule is CNCC1CCCN1C(=O)CC(C)C(C)C.Cl. The molecule has 3 nitrogen and oxygen atoms in total. The average Bonchev–Trinajstić information content (AvgIpc) is 2.66. The third-order valence-corrected chi connectivity index (χ3v) is 3.77. The molecule has 1 saturated heterocycles. The first-order valence-electron chi connectivity index (χ1n) is 6.50. The maximum atomic E-state index is 12.1. The molecule has 2 unspecified atom stereocenters. The van der Waals surface area contributed by atoms with Gasteiger partial charge >= 0.3 is 0 Å². The molecule has 0 spiro atoms. The van der Waals surface area contributed by atoms with Crippen molar-refractivity contribution in [3.63, 3.8) is 0 Å². The van der Waals surface area contributed by atoms with Gasteiger partial charge in [-0.05, 0) is 31.7 Å². The van der Waals surface area contributed by atoms with E-state index in [1.54, 1.807) is 0 Å². The molecule has 0 aromatic heterocycles. The Labute approximate surface area is 112 Å². The lowest BCUT2D eigenvalue weighted by molar-refractivity contribution is -0.133. The molecule has 0 aromatic rings. The van der Waals surface area contributed by atoms with Gasteiger partial charge in [-0.1, -0.05) is 20.8 Å². The Hall–Kier alpha value is -0.280. The Kier molecular flexibility index (Phi) is 7.80. The predicted octanol–water partition coefficient (Wildman–Crippen LogP) is 2.30. The maximum absolute atomic E-state index is 12.1. The number of likely N-dealkylation sites (tertiary alicyclic amines) is 1. The Bertz CT molecular complexity index is 233. The van der Waals surface area contributed by atoms with Crippen LogP contribution in [0.3, 0.4) is 0 Å². The molecule has 1 rings (SSSR count). The highest BCUT2D eigenvalue weighted by atomic mass is 35.5. The summed E-state index contributed by atoms with van der Waals surface area (Å²) in [6.07, 6.45) is 3.02. The van der Waals surface area contributed by atoms with Crippen molar-refractivity contribution < 1.29 is 4.79 Å². The van der Waals surface area contributed by atoms with E-state index in [-0.39, 0.29) is 12.4 Å². The smallest absolute Gasteiger partial charge is 0.223 e. The van der Waals surface area contributed by atoms with E-state index in [0.29, 0.717) is 30.2 Å². The molecule has 1 fully saturated rings. The minimum Gasteiger partial charge on any atom is -0.338 e. The highest BCUT2D eigenvalue weighted by Gasteiger charge is 2.28. The number of nitrogens with one attached hydrogen (secondary N) is 1. The van der Waals surface area contributed by atoms with Crippen LogP contribution < -0.4 is 5.32 Å². The van der Waals surface area contributed by atoms with Gasteiger partial charge in [0.05, 0.1) is 0 Å². The molecule has 0 aliphatic carbocycles. The first kappa shape index (κ1) is 16.7. The van der Waals surface area contributed by atoms with Crippen LogP contribution >= 0.6 is 12.4 Å². The van der Waals surface area contributed by atoms with Gasteiger partial charge in [0.2, 0.25) is 5.91 Å². The fourth-order valence-corrected chi connectivity index (χ4v) is 2.24. The largest absolute Gasteiger partial charge is 0.338 e. The van der Waals surface area contributed by atoms with E-state index in [9.17, 15) is 4.79 Å². The summed E-state index contributed by atoms with van der Waals surface area (Å²) in [5.74, 6) is 1.43. The van der Waals surface area contributed by atoms with E-state index < -0.39 is 0 Å². The number of amides is 1. The monoisotopic (exact) mass is 262 g/mol. The van der Waals surface area contributed by atoms with Gasteiger partial charge in [0.15, 0.2) is 0 Å². The zero-order valence-corrected chi connectivity index (χ0v) is 12.3. The number of rotatable bonds is 5. The van der Waals surface area contributed by atoms with E-state index in [1.807, 2.05) is 7.05 Å². The third kappa shape index (κ3) is 4.84. The van der Waals surface area contributed by atoms with Crippen molar-refractivity contribution >= 4 is 18.3 Å². The number of carbonyl (C=O) groups excluding carboxylic acids is 1. The van der Waals surface area contributed by atoms with Gasteiger partial charge in [0.25, 0.3) is 0 Å². The Balaban J connectivity index is 0.00000256. The van der Waals surface area contributed by atoms with E-state index in [2.05, 4.69) is 31.0 Å². The zero-order chi connectivity index (χ0) is 12.1. The molecule has 1 N–H and O–H groups in total. The first-order valence-corrected chi connectivity index (χ1v) is 6.50. The summed E-state index contributed by atoms with van der Waals surface area (Å²) in [7, 11) is 1.96. The zero-order valence-electron chi connectivity index (χ0n) is 11.5. The molecular weight excluding hydrogens is 236 g/mol. The van der Waals surface area contributed by atoms with Crippen LogP contribution in [0.2, 0.25) is 0 Å². The van der Waals surface area contributed by atoms with Crippen molar-refractivity contribution in [3.05, 3.63) is 0 Å². The number of nitrogens with zero attached hydrogens (tertiary/aromatic N) is 1. The van der Waals surface area contributed by atoms with Crippen LogP contribution in [0, 0.1) is 11.8 Å². The van der Waals surface area contributed by atoms with Crippen molar-refractivity contribution in [1.29, 1.82) is 0 Å². The molecule has 0 saturated carbocycles. The van der Waals surface area contributed by atoms with Gasteiger partial charge in [0, 0.05) is 25.6 Å². The first-order chi connectivity index (χ1) is 7.56. The van der Waals surface area contributed by atoms with Crippen LogP contribution in [0.15, 0.2) is 0 Å². The Morgan fingerprint density at radius 3 is 2.59 bits per heavy atom. The molecule has 102 valence electrons. The molecule has 0 bridgehead atoms. The predicted molar refractivity (Wildman–Crippen MR) is 74.5 cm³/mol. The quantitative estimate of drug-likeness (QED) is 0.825. The molecule has 4 heteroatoms. The second kappa shape index (κ2) is 7.93. The number of hydrogen-bond donors (Lipinski definition) is 1. The molecular formula is C13H27ClN2O. The van der Waals surface area contributed by atoms with Crippen LogP contribution in [-0.2, 0) is 4.79 Å². The summed E-state index contributed by atoms with van der Waals surface area (Å²) in [5.41, 5.74) is 0. The molecule has 1 heterocycles. The number of halogens is 1. The summed E-state index contributed by atoms with van der Waals surface area (Å²) in [6.45, 7) is 8.43. The average molecular weight is 263 g/mol. The standard InChI is InChI=1S/C13H26N2O.ClH/c1-10(2)11(3)8-13(16)15-7-5-6-12(15)9-14-4;/h10-12,14H,5-9H2,1-4H3;1H. The second-order valence-electron chi connectivity index (χ2n) is 5.37. The van der Waals surface area contributed by atoms with Crippen LogP contribution in [0.5, 0.6) is 0 Å². The fraction of sp³-hybridized carbons (Fsp3) is 0.923. The summed E-state index contributed by atoms with van der Waals surface area (Å²) in [6, 6.07) is 0.428. The fourth-order valence-electron chi connectivity index (χ4n) is 2.24. The lowest BCUT2D eigenvalue weighted by Crippen LogP contribution is -2.41. The molecule has 1 amide bonds. The van der Waals surface area contributed by atoms with Crippen molar-refractivity contribution in [2.45, 2.75) is 46.1 Å². The number of carbonyl (C=O) groups is 1. The van der Waals surface area contributed by atoms with Gasteiger partial charge in [-0.3, -0.25) is 4.79 Å². The van der Waals surface area contributed by atoms with Gasteiger partial charge in [-0.25, -0.2) is 0 Å². The molecule has 17 heavy (non-hydrogen) atoms. The summed E-state index contributed by atoms with van der Waals surface area (Å²) in [4.78, 5) is 14.2. The van der Waals surface area contributed by atoms with E-state index in [0.717, 1.165) is 25.9 Å². The number of hydrogen-bond acceptors (Lipinski definition) is 2. The minimum atomic E-state index is 0. The highest BCUT2D eigenvalue weighted by Crippen LogP contribution is 2.21. The van der Waals surface area contributed by atoms with Gasteiger partial charge in [0.1, 0.15) is 0 Å². The second-order valence-corrected chi connectivity index (χ2v) is 5.37. The van der Waals surface area contributed by atoms with E-state index >= 15 is 0 Å². The molecule has 1 aliphatic heterocycles. The molecule has 0 radical (unpaired) electrons. The van der Waals surface area contributed by atoms with Crippen molar-refractivity contribution in [3.8, 4) is 0 Å². The normalized spacial score (nSPS) is 21.5. The van der Waals surface area contributed by atoms with Crippen LogP contribution in [-0.4, -0.2) is 37.0 Å². The summed E-state index contributed by atoms with van der Waals surface area (Å²) in [5, 5.41) is 3.18.